The van der Waals surface area contributed by atoms with Crippen molar-refractivity contribution in [2.45, 2.75) is 26.2 Å². The van der Waals surface area contributed by atoms with E-state index < -0.39 is 0 Å². The maximum atomic E-state index is 2.38. The van der Waals surface area contributed by atoms with Crippen molar-refractivity contribution in [2.24, 2.45) is 5.92 Å². The third-order valence-corrected chi connectivity index (χ3v) is 1.43. The van der Waals surface area contributed by atoms with Gasteiger partial charge in [-0.05, 0) is 0 Å². The molecule has 2 heteroatoms. The van der Waals surface area contributed by atoms with Crippen molar-refractivity contribution < 1.29 is 17.0 Å². The van der Waals surface area contributed by atoms with Gasteiger partial charge in [0, 0.05) is 0 Å². The van der Waals surface area contributed by atoms with E-state index in [1.807, 2.05) is 0 Å². The van der Waals surface area contributed by atoms with E-state index in [1.54, 1.807) is 0 Å². The summed E-state index contributed by atoms with van der Waals surface area (Å²) < 4.78 is 0. The Labute approximate surface area is 78.3 Å². The predicted octanol–water partition coefficient (Wildman–Crippen LogP) is -1.37. The second-order valence-electron chi connectivity index (χ2n) is 2.21. The fourth-order valence-electron chi connectivity index (χ4n) is 0.923. The van der Waals surface area contributed by atoms with Crippen molar-refractivity contribution in [1.82, 2.24) is 0 Å². The van der Waals surface area contributed by atoms with E-state index in [-0.39, 0.29) is 40.0 Å². The molecular weight excluding hydrogens is 176 g/mol. The van der Waals surface area contributed by atoms with Crippen LogP contribution in [0.2, 0.25) is 0 Å². The van der Waals surface area contributed by atoms with Gasteiger partial charge in [0.1, 0.15) is 0 Å². The van der Waals surface area contributed by atoms with Gasteiger partial charge in [-0.1, -0.05) is 19.3 Å². The molecule has 1 rings (SSSR count). The Kier molecular flexibility index (Phi) is 9.53. The molecule has 0 spiro atoms. The van der Waals surface area contributed by atoms with Gasteiger partial charge in [-0.15, -0.1) is 0 Å². The van der Waals surface area contributed by atoms with Crippen LogP contribution in [-0.2, 0) is 0 Å². The minimum atomic E-state index is 0. The number of rotatable bonds is 0. The summed E-state index contributed by atoms with van der Waals surface area (Å²) in [5, 5.41) is 0. The van der Waals surface area contributed by atoms with E-state index in [4.69, 9.17) is 0 Å². The average Bonchev–Trinajstić information content (AvgIpc) is 1.86. The van der Waals surface area contributed by atoms with Crippen molar-refractivity contribution in [3.8, 4) is 0 Å². The SMILES string of the molecule is CC1C[CH-]CC1.[Br-].[Mg+2]. The molecule has 0 aromatic heterocycles. The molecule has 0 aliphatic heterocycles. The Morgan fingerprint density at radius 1 is 1.50 bits per heavy atom. The summed E-state index contributed by atoms with van der Waals surface area (Å²) in [6, 6.07) is 0. The molecule has 1 aliphatic carbocycles. The fraction of sp³-hybridized carbons (Fsp3) is 0.833. The molecule has 0 aromatic rings. The van der Waals surface area contributed by atoms with Gasteiger partial charge in [0.2, 0.25) is 0 Å². The van der Waals surface area contributed by atoms with E-state index >= 15 is 0 Å². The molecule has 1 fully saturated rings. The van der Waals surface area contributed by atoms with E-state index in [0.717, 1.165) is 5.92 Å². The Bertz CT molecular complexity index is 41.8. The first-order valence-electron chi connectivity index (χ1n) is 2.71. The van der Waals surface area contributed by atoms with Crippen LogP contribution in [0.4, 0.5) is 0 Å². The Morgan fingerprint density at radius 2 is 2.12 bits per heavy atom. The molecule has 1 atom stereocenters. The molecular formula is C6H11BrMg. The number of halogens is 1. The Balaban J connectivity index is 0. The molecule has 0 aromatic carbocycles. The van der Waals surface area contributed by atoms with Crippen molar-refractivity contribution in [3.63, 3.8) is 0 Å². The summed E-state index contributed by atoms with van der Waals surface area (Å²) in [4.78, 5) is 0. The van der Waals surface area contributed by atoms with E-state index in [0.29, 0.717) is 0 Å². The summed E-state index contributed by atoms with van der Waals surface area (Å²) in [7, 11) is 0. The molecule has 0 radical (unpaired) electrons. The first-order chi connectivity index (χ1) is 2.89. The third-order valence-electron chi connectivity index (χ3n) is 1.43. The summed E-state index contributed by atoms with van der Waals surface area (Å²) >= 11 is 0. The predicted molar refractivity (Wildman–Crippen MR) is 33.1 cm³/mol. The van der Waals surface area contributed by atoms with Gasteiger partial charge in [-0.3, -0.25) is 0 Å². The quantitative estimate of drug-likeness (QED) is 0.324. The second-order valence-corrected chi connectivity index (χ2v) is 2.21. The monoisotopic (exact) mass is 186 g/mol. The van der Waals surface area contributed by atoms with E-state index in [9.17, 15) is 0 Å². The summed E-state index contributed by atoms with van der Waals surface area (Å²) in [5.41, 5.74) is 0. The van der Waals surface area contributed by atoms with Crippen LogP contribution in [0.15, 0.2) is 0 Å². The molecule has 8 heavy (non-hydrogen) atoms. The number of hydrogen-bond acceptors (Lipinski definition) is 0. The Hall–Kier alpha value is 1.25. The molecule has 1 saturated carbocycles. The summed E-state index contributed by atoms with van der Waals surface area (Å²) in [6.45, 7) is 2.31. The molecule has 44 valence electrons. The molecule has 0 nitrogen and oxygen atoms in total. The van der Waals surface area contributed by atoms with Gasteiger partial charge in [0.15, 0.2) is 0 Å². The van der Waals surface area contributed by atoms with Gasteiger partial charge in [0.25, 0.3) is 0 Å². The van der Waals surface area contributed by atoms with Crippen LogP contribution >= 0.6 is 0 Å². The summed E-state index contributed by atoms with van der Waals surface area (Å²) in [5.74, 6) is 0.991. The average molecular weight is 187 g/mol. The van der Waals surface area contributed by atoms with Gasteiger partial charge >= 0.3 is 23.1 Å². The van der Waals surface area contributed by atoms with Crippen LogP contribution < -0.4 is 17.0 Å². The standard InChI is InChI=1S/C6H11.BrH.Mg/c1-6-4-2-3-5-6;;/h2,6H,3-5H2,1H3;1H;/q-1;;+2/p-1. The van der Waals surface area contributed by atoms with Crippen molar-refractivity contribution in [3.05, 3.63) is 6.42 Å². The zero-order valence-electron chi connectivity index (χ0n) is 5.36. The zero-order valence-corrected chi connectivity index (χ0v) is 8.36. The van der Waals surface area contributed by atoms with Crippen LogP contribution in [0.5, 0.6) is 0 Å². The maximum absolute atomic E-state index is 2.38. The smallest absolute Gasteiger partial charge is 1.00 e. The van der Waals surface area contributed by atoms with Crippen molar-refractivity contribution >= 4 is 23.1 Å². The van der Waals surface area contributed by atoms with Gasteiger partial charge < -0.3 is 23.4 Å². The summed E-state index contributed by atoms with van der Waals surface area (Å²) in [6.07, 6.45) is 6.53. The maximum Gasteiger partial charge on any atom is 2.00 e. The molecule has 0 heterocycles. The fourth-order valence-corrected chi connectivity index (χ4v) is 0.923. The van der Waals surface area contributed by atoms with Gasteiger partial charge in [0.05, 0.1) is 0 Å². The zero-order chi connectivity index (χ0) is 4.41. The van der Waals surface area contributed by atoms with E-state index in [2.05, 4.69) is 13.3 Å². The van der Waals surface area contributed by atoms with Crippen LogP contribution in [0, 0.1) is 12.3 Å². The third kappa shape index (κ3) is 4.16. The topological polar surface area (TPSA) is 0 Å². The molecule has 0 N–H and O–H groups in total. The van der Waals surface area contributed by atoms with Crippen LogP contribution in [0.1, 0.15) is 26.2 Å². The first-order valence-corrected chi connectivity index (χ1v) is 2.71. The van der Waals surface area contributed by atoms with Crippen LogP contribution in [0.3, 0.4) is 0 Å². The van der Waals surface area contributed by atoms with E-state index in [1.165, 1.54) is 19.3 Å². The minimum Gasteiger partial charge on any atom is -1.00 e. The van der Waals surface area contributed by atoms with Crippen LogP contribution in [0.25, 0.3) is 0 Å². The van der Waals surface area contributed by atoms with Gasteiger partial charge in [-0.2, -0.15) is 12.8 Å². The molecule has 1 aliphatic rings. The van der Waals surface area contributed by atoms with Crippen molar-refractivity contribution in [1.29, 1.82) is 0 Å². The normalized spacial score (nSPS) is 25.9. The number of hydrogen-bond donors (Lipinski definition) is 0. The molecule has 1 unspecified atom stereocenters. The van der Waals surface area contributed by atoms with Crippen LogP contribution in [-0.4, -0.2) is 23.1 Å². The van der Waals surface area contributed by atoms with Crippen molar-refractivity contribution in [2.75, 3.05) is 0 Å². The first kappa shape index (κ1) is 12.0. The largest absolute Gasteiger partial charge is 2.00 e. The second kappa shape index (κ2) is 6.37. The Morgan fingerprint density at radius 3 is 2.25 bits per heavy atom. The minimum absolute atomic E-state index is 0. The molecule has 0 saturated heterocycles. The van der Waals surface area contributed by atoms with Gasteiger partial charge in [-0.25, -0.2) is 0 Å². The molecule has 0 bridgehead atoms. The molecule has 0 amide bonds.